The molecule has 0 saturated heterocycles. The second-order valence-corrected chi connectivity index (χ2v) is 5.75. The van der Waals surface area contributed by atoms with Gasteiger partial charge >= 0.3 is 6.03 Å². The van der Waals surface area contributed by atoms with Crippen molar-refractivity contribution in [1.82, 2.24) is 10.2 Å². The average molecular weight is 328 g/mol. The minimum Gasteiger partial charge on any atom is -0.334 e. The van der Waals surface area contributed by atoms with Crippen LogP contribution in [0.2, 0.25) is 5.02 Å². The van der Waals surface area contributed by atoms with Crippen LogP contribution in [0.15, 0.2) is 48.5 Å². The minimum absolute atomic E-state index is 0.0716. The van der Waals surface area contributed by atoms with E-state index < -0.39 is 0 Å². The summed E-state index contributed by atoms with van der Waals surface area (Å²) in [6.45, 7) is 2.34. The molecule has 23 heavy (non-hydrogen) atoms. The summed E-state index contributed by atoms with van der Waals surface area (Å²) in [4.78, 5) is 13.9. The first-order valence-electron chi connectivity index (χ1n) is 7.26. The molecule has 2 aromatic rings. The lowest BCUT2D eigenvalue weighted by Crippen LogP contribution is -2.38. The Morgan fingerprint density at radius 2 is 2.00 bits per heavy atom. The van der Waals surface area contributed by atoms with E-state index in [9.17, 15) is 4.79 Å². The summed E-state index contributed by atoms with van der Waals surface area (Å²) in [7, 11) is 1.75. The molecule has 0 aromatic heterocycles. The number of hydrogen-bond acceptors (Lipinski definition) is 2. The lowest BCUT2D eigenvalue weighted by molar-refractivity contribution is 0.194. The zero-order valence-corrected chi connectivity index (χ0v) is 13.8. The van der Waals surface area contributed by atoms with Gasteiger partial charge in [-0.1, -0.05) is 35.9 Å². The molecule has 1 atom stereocenters. The third-order valence-corrected chi connectivity index (χ3v) is 4.01. The highest BCUT2D eigenvalue weighted by Gasteiger charge is 2.17. The van der Waals surface area contributed by atoms with Crippen LogP contribution >= 0.6 is 11.6 Å². The van der Waals surface area contributed by atoms with Crippen LogP contribution in [0.25, 0.3) is 0 Å². The van der Waals surface area contributed by atoms with Crippen LogP contribution in [0.5, 0.6) is 0 Å². The van der Waals surface area contributed by atoms with Crippen molar-refractivity contribution in [2.24, 2.45) is 0 Å². The summed E-state index contributed by atoms with van der Waals surface area (Å²) >= 11 is 5.88. The molecule has 2 aromatic carbocycles. The Morgan fingerprint density at radius 1 is 1.30 bits per heavy atom. The maximum absolute atomic E-state index is 12.3. The predicted octanol–water partition coefficient (Wildman–Crippen LogP) is 4.11. The van der Waals surface area contributed by atoms with Crippen molar-refractivity contribution in [3.63, 3.8) is 0 Å². The van der Waals surface area contributed by atoms with Crippen molar-refractivity contribution in [3.05, 3.63) is 70.2 Å². The molecular weight excluding hydrogens is 310 g/mol. The number of benzene rings is 2. The fraction of sp³-hybridized carbons (Fsp3) is 0.222. The molecule has 0 bridgehead atoms. The first-order valence-corrected chi connectivity index (χ1v) is 7.64. The number of amides is 2. The standard InChI is InChI=1S/C18H18ClN3O/c1-13(16-6-8-17(19)9-7-16)22(2)18(23)21-12-15-5-3-4-14(10-15)11-20/h3-10,13H,12H2,1-2H3,(H,21,23). The monoisotopic (exact) mass is 327 g/mol. The first-order chi connectivity index (χ1) is 11.0. The van der Waals surface area contributed by atoms with Gasteiger partial charge in [-0.25, -0.2) is 4.79 Å². The Kier molecular flexibility index (Phi) is 5.61. The van der Waals surface area contributed by atoms with Crippen molar-refractivity contribution < 1.29 is 4.79 Å². The van der Waals surface area contributed by atoms with Gasteiger partial charge in [0.2, 0.25) is 0 Å². The number of nitriles is 1. The van der Waals surface area contributed by atoms with Gasteiger partial charge in [0.05, 0.1) is 17.7 Å². The molecule has 0 aliphatic rings. The van der Waals surface area contributed by atoms with E-state index in [2.05, 4.69) is 11.4 Å². The second-order valence-electron chi connectivity index (χ2n) is 5.31. The summed E-state index contributed by atoms with van der Waals surface area (Å²) in [5, 5.41) is 12.4. The Labute approximate surface area is 141 Å². The predicted molar refractivity (Wildman–Crippen MR) is 91.0 cm³/mol. The molecule has 0 aliphatic carbocycles. The second kappa shape index (κ2) is 7.66. The molecule has 118 valence electrons. The summed E-state index contributed by atoms with van der Waals surface area (Å²) in [5.41, 5.74) is 2.49. The quantitative estimate of drug-likeness (QED) is 0.918. The fourth-order valence-electron chi connectivity index (χ4n) is 2.19. The minimum atomic E-state index is -0.171. The molecule has 0 heterocycles. The van der Waals surface area contributed by atoms with Crippen LogP contribution in [0.4, 0.5) is 4.79 Å². The lowest BCUT2D eigenvalue weighted by Gasteiger charge is -2.25. The van der Waals surface area contributed by atoms with Crippen LogP contribution in [0.1, 0.15) is 29.7 Å². The zero-order chi connectivity index (χ0) is 16.8. The Bertz CT molecular complexity index is 722. The Hall–Kier alpha value is -2.51. The SMILES string of the molecule is CC(c1ccc(Cl)cc1)N(C)C(=O)NCc1cccc(C#N)c1. The fourth-order valence-corrected chi connectivity index (χ4v) is 2.32. The summed E-state index contributed by atoms with van der Waals surface area (Å²) in [6, 6.07) is 16.5. The summed E-state index contributed by atoms with van der Waals surface area (Å²) in [5.74, 6) is 0. The van der Waals surface area contributed by atoms with E-state index >= 15 is 0 Å². The third kappa shape index (κ3) is 4.48. The number of carbonyl (C=O) groups excluding carboxylic acids is 1. The average Bonchev–Trinajstić information content (AvgIpc) is 2.59. The zero-order valence-electron chi connectivity index (χ0n) is 13.1. The number of urea groups is 1. The highest BCUT2D eigenvalue weighted by molar-refractivity contribution is 6.30. The number of carbonyl (C=O) groups is 1. The molecule has 5 heteroatoms. The van der Waals surface area contributed by atoms with Gasteiger partial charge in [0, 0.05) is 18.6 Å². The van der Waals surface area contributed by atoms with Crippen molar-refractivity contribution in [2.75, 3.05) is 7.05 Å². The van der Waals surface area contributed by atoms with Crippen LogP contribution < -0.4 is 5.32 Å². The van der Waals surface area contributed by atoms with Crippen molar-refractivity contribution in [3.8, 4) is 6.07 Å². The van der Waals surface area contributed by atoms with E-state index in [0.717, 1.165) is 11.1 Å². The molecule has 0 spiro atoms. The van der Waals surface area contributed by atoms with E-state index in [0.29, 0.717) is 17.1 Å². The number of nitrogens with zero attached hydrogens (tertiary/aromatic N) is 2. The Morgan fingerprint density at radius 3 is 2.65 bits per heavy atom. The van der Waals surface area contributed by atoms with E-state index in [1.807, 2.05) is 37.3 Å². The highest BCUT2D eigenvalue weighted by Crippen LogP contribution is 2.20. The highest BCUT2D eigenvalue weighted by atomic mass is 35.5. The van der Waals surface area contributed by atoms with E-state index in [-0.39, 0.29) is 12.1 Å². The number of rotatable bonds is 4. The molecule has 2 rings (SSSR count). The van der Waals surface area contributed by atoms with E-state index in [1.54, 1.807) is 30.1 Å². The largest absolute Gasteiger partial charge is 0.334 e. The lowest BCUT2D eigenvalue weighted by atomic mass is 10.1. The normalized spacial score (nSPS) is 11.4. The first kappa shape index (κ1) is 16.9. The van der Waals surface area contributed by atoms with Gasteiger partial charge in [-0.3, -0.25) is 0 Å². The van der Waals surface area contributed by atoms with Gasteiger partial charge in [0.25, 0.3) is 0 Å². The molecule has 0 radical (unpaired) electrons. The van der Waals surface area contributed by atoms with Crippen molar-refractivity contribution >= 4 is 17.6 Å². The van der Waals surface area contributed by atoms with Crippen LogP contribution in [-0.2, 0) is 6.54 Å². The molecule has 2 amide bonds. The van der Waals surface area contributed by atoms with Gasteiger partial charge < -0.3 is 10.2 Å². The number of halogens is 1. The summed E-state index contributed by atoms with van der Waals surface area (Å²) < 4.78 is 0. The van der Waals surface area contributed by atoms with Gasteiger partial charge in [0.1, 0.15) is 0 Å². The van der Waals surface area contributed by atoms with E-state index in [4.69, 9.17) is 16.9 Å². The molecular formula is C18H18ClN3O. The maximum Gasteiger partial charge on any atom is 0.317 e. The third-order valence-electron chi connectivity index (χ3n) is 3.75. The topological polar surface area (TPSA) is 56.1 Å². The van der Waals surface area contributed by atoms with Crippen LogP contribution in [-0.4, -0.2) is 18.0 Å². The van der Waals surface area contributed by atoms with Crippen LogP contribution in [0.3, 0.4) is 0 Å². The van der Waals surface area contributed by atoms with Gasteiger partial charge in [-0.2, -0.15) is 5.26 Å². The maximum atomic E-state index is 12.3. The number of nitrogens with one attached hydrogen (secondary N) is 1. The molecule has 1 unspecified atom stereocenters. The van der Waals surface area contributed by atoms with Gasteiger partial charge in [-0.05, 0) is 42.3 Å². The molecule has 4 nitrogen and oxygen atoms in total. The molecule has 0 fully saturated rings. The van der Waals surface area contributed by atoms with E-state index in [1.165, 1.54) is 0 Å². The van der Waals surface area contributed by atoms with Crippen molar-refractivity contribution in [1.29, 1.82) is 5.26 Å². The number of hydrogen-bond donors (Lipinski definition) is 1. The smallest absolute Gasteiger partial charge is 0.317 e. The molecule has 0 saturated carbocycles. The molecule has 0 aliphatic heterocycles. The molecule has 1 N–H and O–H groups in total. The summed E-state index contributed by atoms with van der Waals surface area (Å²) in [6.07, 6.45) is 0. The van der Waals surface area contributed by atoms with Crippen molar-refractivity contribution in [2.45, 2.75) is 19.5 Å². The Balaban J connectivity index is 1.96. The van der Waals surface area contributed by atoms with Gasteiger partial charge in [0.15, 0.2) is 0 Å². The van der Waals surface area contributed by atoms with Crippen LogP contribution in [0, 0.1) is 11.3 Å². The van der Waals surface area contributed by atoms with Gasteiger partial charge in [-0.15, -0.1) is 0 Å².